The van der Waals surface area contributed by atoms with E-state index in [0.717, 1.165) is 19.3 Å². The van der Waals surface area contributed by atoms with Gasteiger partial charge < -0.3 is 19.9 Å². The van der Waals surface area contributed by atoms with E-state index >= 15 is 0 Å². The molecule has 1 amide bonds. The minimum absolute atomic E-state index is 0.240. The largest absolute Gasteiger partial charge is 0.460 e. The second-order valence-electron chi connectivity index (χ2n) is 8.99. The third-order valence-electron chi connectivity index (χ3n) is 5.21. The Bertz CT molecular complexity index is 479. The first kappa shape index (κ1) is 21.0. The van der Waals surface area contributed by atoms with E-state index in [2.05, 4.69) is 5.32 Å². The van der Waals surface area contributed by atoms with Gasteiger partial charge in [-0.05, 0) is 52.9 Å². The van der Waals surface area contributed by atoms with E-state index in [1.165, 1.54) is 19.3 Å². The number of cyclic esters (lactones) is 1. The van der Waals surface area contributed by atoms with Crippen molar-refractivity contribution in [2.75, 3.05) is 0 Å². The van der Waals surface area contributed by atoms with Gasteiger partial charge in [0.15, 0.2) is 0 Å². The molecule has 0 bridgehead atoms. The van der Waals surface area contributed by atoms with Crippen LogP contribution in [0.25, 0.3) is 0 Å². The minimum Gasteiger partial charge on any atom is -0.460 e. The number of aliphatic hydroxyl groups excluding tert-OH is 1. The lowest BCUT2D eigenvalue weighted by molar-refractivity contribution is -0.146. The zero-order valence-electron chi connectivity index (χ0n) is 16.6. The molecule has 2 aliphatic rings. The van der Waals surface area contributed by atoms with Crippen molar-refractivity contribution in [3.05, 3.63) is 0 Å². The monoisotopic (exact) mass is 369 g/mol. The van der Waals surface area contributed by atoms with E-state index < -0.39 is 17.8 Å². The molecule has 2 fully saturated rings. The highest BCUT2D eigenvalue weighted by Gasteiger charge is 2.41. The summed E-state index contributed by atoms with van der Waals surface area (Å²) in [6, 6.07) is -0.240. The van der Waals surface area contributed by atoms with Crippen LogP contribution >= 0.6 is 0 Å². The second-order valence-corrected chi connectivity index (χ2v) is 8.99. The first-order chi connectivity index (χ1) is 12.1. The summed E-state index contributed by atoms with van der Waals surface area (Å²) in [5.74, 6) is -0.0250. The number of rotatable bonds is 6. The maximum Gasteiger partial charge on any atom is 0.408 e. The van der Waals surface area contributed by atoms with Gasteiger partial charge in [0.25, 0.3) is 0 Å². The average molecular weight is 370 g/mol. The van der Waals surface area contributed by atoms with E-state index in [9.17, 15) is 14.7 Å². The highest BCUT2D eigenvalue weighted by Crippen LogP contribution is 2.33. The van der Waals surface area contributed by atoms with Crippen LogP contribution in [0.3, 0.4) is 0 Å². The number of hydrogen-bond acceptors (Lipinski definition) is 5. The van der Waals surface area contributed by atoms with Gasteiger partial charge in [0.05, 0.1) is 18.1 Å². The molecule has 0 aromatic heterocycles. The first-order valence-electron chi connectivity index (χ1n) is 10.0. The summed E-state index contributed by atoms with van der Waals surface area (Å²) < 4.78 is 11.0. The molecular weight excluding hydrogens is 334 g/mol. The van der Waals surface area contributed by atoms with Crippen molar-refractivity contribution in [3.63, 3.8) is 0 Å². The van der Waals surface area contributed by atoms with Gasteiger partial charge in [-0.1, -0.05) is 32.1 Å². The molecule has 1 saturated heterocycles. The number of ether oxygens (including phenoxy) is 2. The highest BCUT2D eigenvalue weighted by atomic mass is 16.6. The summed E-state index contributed by atoms with van der Waals surface area (Å²) in [7, 11) is 0. The Labute approximate surface area is 157 Å². The second kappa shape index (κ2) is 9.07. The van der Waals surface area contributed by atoms with E-state index in [1.54, 1.807) is 6.92 Å². The van der Waals surface area contributed by atoms with E-state index in [-0.39, 0.29) is 24.0 Å². The Balaban J connectivity index is 2.02. The Morgan fingerprint density at radius 3 is 2.50 bits per heavy atom. The molecule has 4 atom stereocenters. The third kappa shape index (κ3) is 6.78. The number of alkyl carbamates (subject to hydrolysis) is 1. The predicted octanol–water partition coefficient (Wildman–Crippen LogP) is 3.55. The fourth-order valence-corrected chi connectivity index (χ4v) is 4.07. The van der Waals surface area contributed by atoms with Crippen molar-refractivity contribution >= 4 is 12.1 Å². The number of carbonyl (C=O) groups is 2. The molecule has 1 aliphatic heterocycles. The maximum atomic E-state index is 12.3. The SMILES string of the molecule is CC(O)C[C@@H]1C[C@@H]([C@H](CC2CCCCC2)NC(=O)OC(C)(C)C)OC1=O. The summed E-state index contributed by atoms with van der Waals surface area (Å²) in [5, 5.41) is 12.5. The zero-order chi connectivity index (χ0) is 19.3. The zero-order valence-corrected chi connectivity index (χ0v) is 16.6. The molecule has 2 N–H and O–H groups in total. The molecule has 1 unspecified atom stereocenters. The molecular formula is C20H35NO5. The van der Waals surface area contributed by atoms with Gasteiger partial charge >= 0.3 is 12.1 Å². The van der Waals surface area contributed by atoms with E-state index in [0.29, 0.717) is 18.8 Å². The van der Waals surface area contributed by atoms with Crippen LogP contribution in [-0.2, 0) is 14.3 Å². The van der Waals surface area contributed by atoms with Gasteiger partial charge in [-0.2, -0.15) is 0 Å². The van der Waals surface area contributed by atoms with Crippen LogP contribution < -0.4 is 5.32 Å². The lowest BCUT2D eigenvalue weighted by Gasteiger charge is -2.31. The van der Waals surface area contributed by atoms with Crippen molar-refractivity contribution in [2.24, 2.45) is 11.8 Å². The molecule has 0 aromatic carbocycles. The number of nitrogens with one attached hydrogen (secondary N) is 1. The summed E-state index contributed by atoms with van der Waals surface area (Å²) in [5.41, 5.74) is -0.569. The molecule has 1 saturated carbocycles. The molecule has 0 aromatic rings. The minimum atomic E-state index is -0.569. The number of amides is 1. The topological polar surface area (TPSA) is 84.9 Å². The molecule has 2 rings (SSSR count). The van der Waals surface area contributed by atoms with Crippen molar-refractivity contribution in [1.82, 2.24) is 5.32 Å². The summed E-state index contributed by atoms with van der Waals surface area (Å²) in [6.45, 7) is 7.17. The van der Waals surface area contributed by atoms with E-state index in [4.69, 9.17) is 9.47 Å². The van der Waals surface area contributed by atoms with E-state index in [1.807, 2.05) is 20.8 Å². The van der Waals surface area contributed by atoms with Crippen molar-refractivity contribution in [1.29, 1.82) is 0 Å². The Morgan fingerprint density at radius 2 is 1.92 bits per heavy atom. The number of aliphatic hydroxyl groups is 1. The Hall–Kier alpha value is -1.30. The van der Waals surface area contributed by atoms with Gasteiger partial charge in [0.2, 0.25) is 0 Å². The number of esters is 1. The van der Waals surface area contributed by atoms with Crippen LogP contribution in [0.4, 0.5) is 4.79 Å². The van der Waals surface area contributed by atoms with Crippen molar-refractivity contribution in [3.8, 4) is 0 Å². The smallest absolute Gasteiger partial charge is 0.408 e. The van der Waals surface area contributed by atoms with Crippen LogP contribution in [-0.4, -0.2) is 41.0 Å². The lowest BCUT2D eigenvalue weighted by Crippen LogP contribution is -2.46. The van der Waals surface area contributed by atoms with Crippen molar-refractivity contribution < 1.29 is 24.2 Å². The molecule has 6 nitrogen and oxygen atoms in total. The van der Waals surface area contributed by atoms with Gasteiger partial charge in [-0.15, -0.1) is 0 Å². The maximum absolute atomic E-state index is 12.3. The fraction of sp³-hybridized carbons (Fsp3) is 0.900. The lowest BCUT2D eigenvalue weighted by atomic mass is 9.83. The predicted molar refractivity (Wildman–Crippen MR) is 98.6 cm³/mol. The van der Waals surface area contributed by atoms with Crippen LogP contribution in [0.15, 0.2) is 0 Å². The van der Waals surface area contributed by atoms with Gasteiger partial charge in [-0.3, -0.25) is 4.79 Å². The normalized spacial score (nSPS) is 26.9. The van der Waals surface area contributed by atoms with Crippen LogP contribution in [0, 0.1) is 11.8 Å². The Kier molecular flexibility index (Phi) is 7.33. The molecule has 0 radical (unpaired) electrons. The van der Waals surface area contributed by atoms with Gasteiger partial charge in [-0.25, -0.2) is 4.79 Å². The molecule has 26 heavy (non-hydrogen) atoms. The molecule has 0 spiro atoms. The number of hydrogen-bond donors (Lipinski definition) is 2. The number of carbonyl (C=O) groups excluding carboxylic acids is 2. The fourth-order valence-electron chi connectivity index (χ4n) is 4.07. The highest BCUT2D eigenvalue weighted by molar-refractivity contribution is 5.75. The van der Waals surface area contributed by atoms with Gasteiger partial charge in [0.1, 0.15) is 11.7 Å². The summed E-state index contributed by atoms with van der Waals surface area (Å²) in [4.78, 5) is 24.4. The average Bonchev–Trinajstić information content (AvgIpc) is 2.86. The summed E-state index contributed by atoms with van der Waals surface area (Å²) in [6.07, 6.45) is 6.42. The van der Waals surface area contributed by atoms with Crippen molar-refractivity contribution in [2.45, 2.75) is 103 Å². The molecule has 6 heteroatoms. The third-order valence-corrected chi connectivity index (χ3v) is 5.21. The molecule has 1 heterocycles. The quantitative estimate of drug-likeness (QED) is 0.699. The van der Waals surface area contributed by atoms with Crippen LogP contribution in [0.5, 0.6) is 0 Å². The Morgan fingerprint density at radius 1 is 1.27 bits per heavy atom. The van der Waals surface area contributed by atoms with Crippen LogP contribution in [0.1, 0.15) is 79.1 Å². The summed E-state index contributed by atoms with van der Waals surface area (Å²) >= 11 is 0. The molecule has 150 valence electrons. The van der Waals surface area contributed by atoms with Gasteiger partial charge in [0, 0.05) is 0 Å². The first-order valence-corrected chi connectivity index (χ1v) is 10.0. The molecule has 1 aliphatic carbocycles. The van der Waals surface area contributed by atoms with Crippen LogP contribution in [0.2, 0.25) is 0 Å². The standard InChI is InChI=1S/C20H35NO5/c1-13(22)10-15-12-17(25-18(15)23)16(11-14-8-6-5-7-9-14)21-19(24)26-20(2,3)4/h13-17,22H,5-12H2,1-4H3,(H,21,24)/t13?,15-,16+,17+/m1/s1.